The highest BCUT2D eigenvalue weighted by molar-refractivity contribution is 6.24. The van der Waals surface area contributed by atoms with Crippen LogP contribution < -0.4 is 10.6 Å². The molecule has 0 unspecified atom stereocenters. The van der Waals surface area contributed by atoms with E-state index in [1.807, 2.05) is 0 Å². The summed E-state index contributed by atoms with van der Waals surface area (Å²) in [6.07, 6.45) is 31.6. The Labute approximate surface area is 249 Å². The van der Waals surface area contributed by atoms with Crippen molar-refractivity contribution in [3.8, 4) is 0 Å². The molecular weight excluding hydrogens is 492 g/mol. The molecule has 0 heterocycles. The van der Waals surface area contributed by atoms with Crippen LogP contribution in [0.25, 0.3) is 0 Å². The van der Waals surface area contributed by atoms with Crippen LogP contribution in [0.5, 0.6) is 0 Å². The van der Waals surface area contributed by atoms with Crippen molar-refractivity contribution in [2.75, 3.05) is 13.1 Å². The van der Waals surface area contributed by atoms with E-state index >= 15 is 0 Å². The number of hydrogen-bond donors (Lipinski definition) is 2. The van der Waals surface area contributed by atoms with Gasteiger partial charge in [-0.2, -0.15) is 0 Å². The molecule has 4 nitrogen and oxygen atoms in total. The van der Waals surface area contributed by atoms with Crippen molar-refractivity contribution < 1.29 is 9.59 Å². The van der Waals surface area contributed by atoms with Crippen molar-refractivity contribution in [3.05, 3.63) is 22.5 Å². The Balaban J connectivity index is 2.13. The van der Waals surface area contributed by atoms with E-state index in [-0.39, 0.29) is 11.6 Å². The van der Waals surface area contributed by atoms with Crippen LogP contribution >= 0.6 is 0 Å². The number of carbonyl (C=O) groups is 2. The molecule has 0 amide bonds. The van der Waals surface area contributed by atoms with Gasteiger partial charge >= 0.3 is 0 Å². The highest BCUT2D eigenvalue weighted by atomic mass is 16.1. The number of nitrogens with one attached hydrogen (secondary N) is 2. The molecule has 0 bridgehead atoms. The molecule has 4 heteroatoms. The number of ketones is 2. The molecule has 0 aromatic heterocycles. The number of allylic oxidation sites excluding steroid dienone is 2. The molecule has 2 N–H and O–H groups in total. The summed E-state index contributed by atoms with van der Waals surface area (Å²) in [6.45, 7) is 9.66. The Morgan fingerprint density at radius 1 is 0.375 bits per heavy atom. The van der Waals surface area contributed by atoms with Crippen LogP contribution in [0.3, 0.4) is 0 Å². The van der Waals surface area contributed by atoms with Gasteiger partial charge in [0, 0.05) is 24.2 Å². The first-order chi connectivity index (χ1) is 19.5. The Morgan fingerprint density at radius 2 is 0.600 bits per heavy atom. The van der Waals surface area contributed by atoms with Crippen LogP contribution in [-0.2, 0) is 9.59 Å². The van der Waals surface area contributed by atoms with Crippen LogP contribution in [-0.4, -0.2) is 24.7 Å². The van der Waals surface area contributed by atoms with Crippen LogP contribution in [0.4, 0.5) is 0 Å². The molecule has 232 valence electrons. The molecule has 0 aromatic carbocycles. The summed E-state index contributed by atoms with van der Waals surface area (Å²) >= 11 is 0. The Bertz CT molecular complexity index is 675. The van der Waals surface area contributed by atoms with Gasteiger partial charge in [0.1, 0.15) is 0 Å². The van der Waals surface area contributed by atoms with E-state index < -0.39 is 0 Å². The summed E-state index contributed by atoms with van der Waals surface area (Å²) < 4.78 is 0. The Hall–Kier alpha value is -1.58. The second-order valence-electron chi connectivity index (χ2n) is 12.3. The standard InChI is InChI=1S/C36H66N2O2/c1-5-7-9-11-13-15-17-19-21-23-25-27-29-37-33-31(3)36(40)34(32(4)35(33)39)38-30-28-26-24-22-20-18-16-14-12-10-8-6-2/h37-38H,5-30H2,1-4H3. The summed E-state index contributed by atoms with van der Waals surface area (Å²) in [5.74, 6) is -0.0403. The number of unbranched alkanes of at least 4 members (excludes halogenated alkanes) is 22. The maximum absolute atomic E-state index is 13.0. The molecule has 0 atom stereocenters. The third-order valence-electron chi connectivity index (χ3n) is 8.55. The van der Waals surface area contributed by atoms with Gasteiger partial charge in [0.15, 0.2) is 0 Å². The second kappa shape index (κ2) is 25.2. The fourth-order valence-electron chi connectivity index (χ4n) is 5.73. The number of Topliss-reactive ketones (excluding diaryl/α,β-unsaturated/α-hetero) is 2. The molecule has 0 fully saturated rings. The summed E-state index contributed by atoms with van der Waals surface area (Å²) in [5, 5.41) is 6.61. The lowest BCUT2D eigenvalue weighted by molar-refractivity contribution is -0.117. The zero-order chi connectivity index (χ0) is 29.3. The minimum atomic E-state index is -0.0202. The normalized spacial score (nSPS) is 14.0. The molecule has 0 saturated heterocycles. The quantitative estimate of drug-likeness (QED) is 0.0740. The minimum absolute atomic E-state index is 0.0202. The maximum Gasteiger partial charge on any atom is 0.207 e. The topological polar surface area (TPSA) is 58.2 Å². The lowest BCUT2D eigenvalue weighted by Crippen LogP contribution is -2.35. The van der Waals surface area contributed by atoms with Crippen LogP contribution in [0, 0.1) is 0 Å². The van der Waals surface area contributed by atoms with Gasteiger partial charge in [0.2, 0.25) is 11.6 Å². The molecule has 1 aliphatic rings. The van der Waals surface area contributed by atoms with Crippen molar-refractivity contribution in [2.45, 2.75) is 182 Å². The van der Waals surface area contributed by atoms with E-state index in [0.717, 1.165) is 25.9 Å². The lowest BCUT2D eigenvalue weighted by atomic mass is 9.92. The molecule has 0 saturated carbocycles. The first kappa shape index (κ1) is 36.4. The molecule has 0 aromatic rings. The van der Waals surface area contributed by atoms with E-state index in [9.17, 15) is 9.59 Å². The van der Waals surface area contributed by atoms with E-state index in [1.54, 1.807) is 13.8 Å². The number of hydrogen-bond acceptors (Lipinski definition) is 4. The van der Waals surface area contributed by atoms with E-state index in [0.29, 0.717) is 22.5 Å². The van der Waals surface area contributed by atoms with Gasteiger partial charge in [0.25, 0.3) is 0 Å². The predicted molar refractivity (Wildman–Crippen MR) is 174 cm³/mol. The Kier molecular flexibility index (Phi) is 22.9. The van der Waals surface area contributed by atoms with Crippen molar-refractivity contribution in [1.82, 2.24) is 10.6 Å². The van der Waals surface area contributed by atoms with Crippen molar-refractivity contribution in [2.24, 2.45) is 0 Å². The van der Waals surface area contributed by atoms with Crippen molar-refractivity contribution in [3.63, 3.8) is 0 Å². The predicted octanol–water partition coefficient (Wildman–Crippen LogP) is 10.3. The molecule has 1 aliphatic carbocycles. The van der Waals surface area contributed by atoms with Gasteiger partial charge < -0.3 is 10.6 Å². The smallest absolute Gasteiger partial charge is 0.207 e. The number of rotatable bonds is 28. The van der Waals surface area contributed by atoms with Gasteiger partial charge in [-0.3, -0.25) is 9.59 Å². The third-order valence-corrected chi connectivity index (χ3v) is 8.55. The summed E-state index contributed by atoms with van der Waals surface area (Å²) in [5.41, 5.74) is 2.15. The molecule has 1 rings (SSSR count). The average molecular weight is 559 g/mol. The largest absolute Gasteiger partial charge is 0.382 e. The number of carbonyl (C=O) groups excluding carboxylic acids is 2. The second-order valence-corrected chi connectivity index (χ2v) is 12.3. The molecule has 0 radical (unpaired) electrons. The lowest BCUT2D eigenvalue weighted by Gasteiger charge is -2.22. The van der Waals surface area contributed by atoms with Gasteiger partial charge in [-0.05, 0) is 26.7 Å². The highest BCUT2D eigenvalue weighted by Crippen LogP contribution is 2.22. The third kappa shape index (κ3) is 16.6. The SMILES string of the molecule is CCCCCCCCCCCCCCNC1=C(C)C(=O)C(NCCCCCCCCCCCCCC)=C(C)C1=O. The van der Waals surface area contributed by atoms with E-state index in [2.05, 4.69) is 24.5 Å². The minimum Gasteiger partial charge on any atom is -0.382 e. The molecular formula is C36H66N2O2. The summed E-state index contributed by atoms with van der Waals surface area (Å²) in [7, 11) is 0. The molecule has 0 spiro atoms. The zero-order valence-corrected chi connectivity index (χ0v) is 27.2. The van der Waals surface area contributed by atoms with Crippen LogP contribution in [0.15, 0.2) is 22.5 Å². The van der Waals surface area contributed by atoms with Gasteiger partial charge in [-0.25, -0.2) is 0 Å². The maximum atomic E-state index is 13.0. The fourth-order valence-corrected chi connectivity index (χ4v) is 5.73. The first-order valence-corrected chi connectivity index (χ1v) is 17.5. The molecule has 0 aliphatic heterocycles. The van der Waals surface area contributed by atoms with Gasteiger partial charge in [0.05, 0.1) is 11.4 Å². The van der Waals surface area contributed by atoms with Crippen molar-refractivity contribution in [1.29, 1.82) is 0 Å². The zero-order valence-electron chi connectivity index (χ0n) is 27.2. The van der Waals surface area contributed by atoms with Crippen LogP contribution in [0.1, 0.15) is 182 Å². The summed E-state index contributed by atoms with van der Waals surface area (Å²) in [6, 6.07) is 0. The van der Waals surface area contributed by atoms with E-state index in [1.165, 1.54) is 141 Å². The summed E-state index contributed by atoms with van der Waals surface area (Å²) in [4.78, 5) is 26.0. The van der Waals surface area contributed by atoms with Gasteiger partial charge in [-0.1, -0.05) is 155 Å². The van der Waals surface area contributed by atoms with Crippen LogP contribution in [0.2, 0.25) is 0 Å². The average Bonchev–Trinajstić information content (AvgIpc) is 2.95. The van der Waals surface area contributed by atoms with Crippen molar-refractivity contribution >= 4 is 11.6 Å². The monoisotopic (exact) mass is 559 g/mol. The first-order valence-electron chi connectivity index (χ1n) is 17.5. The molecule has 40 heavy (non-hydrogen) atoms. The van der Waals surface area contributed by atoms with Gasteiger partial charge in [-0.15, -0.1) is 0 Å². The highest BCUT2D eigenvalue weighted by Gasteiger charge is 2.29. The Morgan fingerprint density at radius 3 is 0.850 bits per heavy atom. The van der Waals surface area contributed by atoms with E-state index in [4.69, 9.17) is 0 Å². The fraction of sp³-hybridized carbons (Fsp3) is 0.833.